The molecule has 0 fully saturated rings. The highest BCUT2D eigenvalue weighted by Gasteiger charge is 2.35. The summed E-state index contributed by atoms with van der Waals surface area (Å²) in [7, 11) is 2.18. The molecule has 2 atom stereocenters. The van der Waals surface area contributed by atoms with Gasteiger partial charge in [0.1, 0.15) is 23.5 Å². The van der Waals surface area contributed by atoms with Crippen LogP contribution >= 0.6 is 0 Å². The monoisotopic (exact) mass is 674 g/mol. The molecular weight excluding hydrogens is 625 g/mol. The molecule has 0 N–H and O–H groups in total. The maximum absolute atomic E-state index is 5.17. The van der Waals surface area contributed by atoms with Gasteiger partial charge in [-0.05, 0) is 53.8 Å². The molecule has 6 nitrogen and oxygen atoms in total. The van der Waals surface area contributed by atoms with E-state index in [0.29, 0.717) is 5.92 Å². The van der Waals surface area contributed by atoms with Crippen molar-refractivity contribution in [3.8, 4) is 11.4 Å². The van der Waals surface area contributed by atoms with Gasteiger partial charge in [-0.15, -0.1) is 0 Å². The lowest BCUT2D eigenvalue weighted by Gasteiger charge is -2.39. The van der Waals surface area contributed by atoms with Gasteiger partial charge in [-0.25, -0.2) is 9.97 Å². The Balaban J connectivity index is 1.16. The van der Waals surface area contributed by atoms with Crippen LogP contribution in [0.25, 0.3) is 39.4 Å². The lowest BCUT2D eigenvalue weighted by atomic mass is 9.78. The van der Waals surface area contributed by atoms with E-state index in [1.54, 1.807) is 0 Å². The van der Waals surface area contributed by atoms with Gasteiger partial charge in [0.05, 0.1) is 5.52 Å². The number of anilines is 1. The average Bonchev–Trinajstić information content (AvgIpc) is 3.60. The number of allylic oxidation sites excluding steroid dienone is 1. The molecule has 2 aliphatic rings. The molecule has 6 heteroatoms. The van der Waals surface area contributed by atoms with Gasteiger partial charge in [-0.2, -0.15) is 0 Å². The SMILES string of the molecule is CC1C=Cc2c(n(-c3ccc(C(C)(C)c4ccc(-n5c6c(c7ccccc75)C=NC(C(C)(C)C)N6C)cc4)cc3)c3nc(C(C)(C)C)ncc23)C1. The summed E-state index contributed by atoms with van der Waals surface area (Å²) in [6.07, 6.45) is 9.73. The minimum absolute atomic E-state index is 0.0000133. The Morgan fingerprint density at radius 2 is 1.35 bits per heavy atom. The zero-order valence-electron chi connectivity index (χ0n) is 31.8. The van der Waals surface area contributed by atoms with Crippen molar-refractivity contribution in [1.29, 1.82) is 0 Å². The van der Waals surface area contributed by atoms with Gasteiger partial charge in [-0.1, -0.05) is 117 Å². The lowest BCUT2D eigenvalue weighted by molar-refractivity contribution is 0.317. The Bertz CT molecular complexity index is 2350. The second-order valence-electron chi connectivity index (χ2n) is 17.4. The fourth-order valence-electron chi connectivity index (χ4n) is 8.17. The van der Waals surface area contributed by atoms with Crippen LogP contribution in [-0.2, 0) is 17.3 Å². The van der Waals surface area contributed by atoms with Gasteiger partial charge in [0.15, 0.2) is 0 Å². The number of rotatable bonds is 4. The van der Waals surface area contributed by atoms with Gasteiger partial charge >= 0.3 is 0 Å². The van der Waals surface area contributed by atoms with Gasteiger partial charge in [0, 0.05) is 74.7 Å². The van der Waals surface area contributed by atoms with Crippen molar-refractivity contribution >= 4 is 40.0 Å². The number of benzene rings is 3. The fourth-order valence-corrected chi connectivity index (χ4v) is 8.17. The molecule has 0 spiro atoms. The van der Waals surface area contributed by atoms with Crippen molar-refractivity contribution in [3.63, 3.8) is 0 Å². The Morgan fingerprint density at radius 3 is 1.98 bits per heavy atom. The van der Waals surface area contributed by atoms with Crippen molar-refractivity contribution in [3.05, 3.63) is 119 Å². The molecule has 0 amide bonds. The van der Waals surface area contributed by atoms with Crippen molar-refractivity contribution in [2.75, 3.05) is 11.9 Å². The molecule has 260 valence electrons. The van der Waals surface area contributed by atoms with E-state index in [9.17, 15) is 0 Å². The van der Waals surface area contributed by atoms with Crippen molar-refractivity contribution in [1.82, 2.24) is 19.1 Å². The molecule has 51 heavy (non-hydrogen) atoms. The summed E-state index contributed by atoms with van der Waals surface area (Å²) in [5.41, 5.74) is 10.4. The standard InChI is InChI=1S/C45H50N6/c1-28-15-24-34-35-26-46-41(43(2,3)4)48-39(35)50(38(34)25-28)31-20-16-29(17-21-31)45(8,9)30-18-22-32(23-19-30)51-37-14-12-11-13-33(37)36-27-47-42(44(5,6)7)49(10)40(36)51/h11-24,26-28,42H,25H2,1-10H3. The summed E-state index contributed by atoms with van der Waals surface area (Å²) in [6, 6.07) is 27.0. The predicted octanol–water partition coefficient (Wildman–Crippen LogP) is 10.4. The summed E-state index contributed by atoms with van der Waals surface area (Å²) in [4.78, 5) is 17.3. The number of hydrogen-bond donors (Lipinski definition) is 0. The molecule has 2 unspecified atom stereocenters. The minimum Gasteiger partial charge on any atom is -0.338 e. The first-order valence-electron chi connectivity index (χ1n) is 18.3. The number of para-hydroxylation sites is 1. The normalized spacial score (nSPS) is 17.7. The first kappa shape index (κ1) is 33.2. The lowest BCUT2D eigenvalue weighted by Crippen LogP contribution is -2.43. The van der Waals surface area contributed by atoms with E-state index < -0.39 is 0 Å². The third-order valence-corrected chi connectivity index (χ3v) is 11.0. The Hall–Kier alpha value is -4.97. The highest BCUT2D eigenvalue weighted by atomic mass is 15.3. The number of aromatic nitrogens is 4. The van der Waals surface area contributed by atoms with Crippen LogP contribution in [0.2, 0.25) is 0 Å². The average molecular weight is 675 g/mol. The Labute approximate surface area is 302 Å². The molecule has 6 aromatic rings. The topological polar surface area (TPSA) is 51.2 Å². The van der Waals surface area contributed by atoms with E-state index in [1.807, 2.05) is 6.20 Å². The Kier molecular flexibility index (Phi) is 7.50. The molecule has 0 saturated carbocycles. The van der Waals surface area contributed by atoms with Crippen LogP contribution in [0.4, 0.5) is 5.82 Å². The summed E-state index contributed by atoms with van der Waals surface area (Å²) in [6.45, 7) is 20.2. The van der Waals surface area contributed by atoms with Crippen molar-refractivity contribution < 1.29 is 0 Å². The quantitative estimate of drug-likeness (QED) is 0.187. The van der Waals surface area contributed by atoms with Crippen LogP contribution in [0.3, 0.4) is 0 Å². The van der Waals surface area contributed by atoms with E-state index >= 15 is 0 Å². The first-order chi connectivity index (χ1) is 24.1. The smallest absolute Gasteiger partial charge is 0.149 e. The highest BCUT2D eigenvalue weighted by Crippen LogP contribution is 2.42. The molecule has 3 aromatic carbocycles. The number of hydrogen-bond acceptors (Lipinski definition) is 4. The van der Waals surface area contributed by atoms with Crippen LogP contribution in [0, 0.1) is 11.3 Å². The largest absolute Gasteiger partial charge is 0.338 e. The van der Waals surface area contributed by atoms with E-state index in [-0.39, 0.29) is 22.4 Å². The number of aliphatic imine (C=N–C) groups is 1. The second kappa shape index (κ2) is 11.5. The first-order valence-corrected chi connectivity index (χ1v) is 18.3. The molecule has 0 bridgehead atoms. The number of nitrogens with zero attached hydrogens (tertiary/aromatic N) is 6. The van der Waals surface area contributed by atoms with E-state index in [0.717, 1.165) is 34.7 Å². The van der Waals surface area contributed by atoms with Crippen LogP contribution < -0.4 is 4.90 Å². The van der Waals surface area contributed by atoms with Crippen molar-refractivity contribution in [2.45, 2.75) is 85.7 Å². The van der Waals surface area contributed by atoms with Crippen molar-refractivity contribution in [2.24, 2.45) is 16.3 Å². The molecule has 3 aromatic heterocycles. The van der Waals surface area contributed by atoms with Crippen LogP contribution in [0.1, 0.15) is 96.1 Å². The van der Waals surface area contributed by atoms with Gasteiger partial charge < -0.3 is 4.90 Å². The summed E-state index contributed by atoms with van der Waals surface area (Å²) < 4.78 is 4.79. The second-order valence-corrected chi connectivity index (χ2v) is 17.4. The molecular formula is C45H50N6. The Morgan fingerprint density at radius 1 is 0.725 bits per heavy atom. The van der Waals surface area contributed by atoms with Crippen LogP contribution in [-0.4, -0.2) is 38.5 Å². The molecule has 4 heterocycles. The number of fused-ring (bicyclic) bond motifs is 6. The van der Waals surface area contributed by atoms with E-state index in [4.69, 9.17) is 15.0 Å². The highest BCUT2D eigenvalue weighted by molar-refractivity contribution is 6.07. The molecule has 8 rings (SSSR count). The zero-order valence-corrected chi connectivity index (χ0v) is 31.8. The summed E-state index contributed by atoms with van der Waals surface area (Å²) in [5, 5.41) is 2.35. The predicted molar refractivity (Wildman–Crippen MR) is 214 cm³/mol. The summed E-state index contributed by atoms with van der Waals surface area (Å²) >= 11 is 0. The van der Waals surface area contributed by atoms with Crippen LogP contribution in [0.5, 0.6) is 0 Å². The maximum atomic E-state index is 5.17. The van der Waals surface area contributed by atoms with E-state index in [1.165, 1.54) is 44.7 Å². The fraction of sp³-hybridized carbons (Fsp3) is 0.356. The zero-order chi connectivity index (χ0) is 36.0. The third-order valence-electron chi connectivity index (χ3n) is 11.0. The molecule has 0 radical (unpaired) electrons. The van der Waals surface area contributed by atoms with Crippen LogP contribution in [0.15, 0.2) is 90.1 Å². The van der Waals surface area contributed by atoms with Gasteiger partial charge in [-0.3, -0.25) is 14.1 Å². The molecule has 1 aliphatic carbocycles. The minimum atomic E-state index is -0.201. The molecule has 1 aliphatic heterocycles. The molecule has 0 saturated heterocycles. The van der Waals surface area contributed by atoms with Gasteiger partial charge in [0.25, 0.3) is 0 Å². The van der Waals surface area contributed by atoms with E-state index in [2.05, 4.69) is 175 Å². The summed E-state index contributed by atoms with van der Waals surface area (Å²) in [5.74, 6) is 2.53. The third kappa shape index (κ3) is 5.33. The van der Waals surface area contributed by atoms with Gasteiger partial charge in [0.2, 0.25) is 0 Å². The maximum Gasteiger partial charge on any atom is 0.149 e.